The average molecular weight is 193 g/mol. The number of rotatable bonds is 2. The molecule has 1 aromatic heterocycles. The fourth-order valence-corrected chi connectivity index (χ4v) is 1.63. The van der Waals surface area contributed by atoms with E-state index in [1.165, 1.54) is 0 Å². The molecule has 0 bridgehead atoms. The van der Waals surface area contributed by atoms with Crippen LogP contribution in [0.3, 0.4) is 0 Å². The van der Waals surface area contributed by atoms with E-state index in [1.54, 1.807) is 0 Å². The van der Waals surface area contributed by atoms with Crippen LogP contribution in [-0.2, 0) is 0 Å². The number of aryl methyl sites for hydroxylation is 2. The van der Waals surface area contributed by atoms with Gasteiger partial charge in [-0.1, -0.05) is 0 Å². The number of nitrogens with zero attached hydrogens (tertiary/aromatic N) is 2. The molecule has 0 aromatic carbocycles. The quantitative estimate of drug-likeness (QED) is 0.736. The zero-order chi connectivity index (χ0) is 10.1. The van der Waals surface area contributed by atoms with Gasteiger partial charge in [0.15, 0.2) is 0 Å². The Morgan fingerprint density at radius 1 is 1.36 bits per heavy atom. The Kier molecular flexibility index (Phi) is 2.37. The Bertz CT molecular complexity index is 320. The van der Waals surface area contributed by atoms with Crippen LogP contribution >= 0.6 is 0 Å². The molecule has 2 atom stereocenters. The first-order valence-corrected chi connectivity index (χ1v) is 4.92. The molecule has 2 rings (SSSR count). The number of anilines is 1. The third-order valence-electron chi connectivity index (χ3n) is 2.54. The van der Waals surface area contributed by atoms with Gasteiger partial charge in [0, 0.05) is 11.8 Å². The normalized spacial score (nSPS) is 25.6. The lowest BCUT2D eigenvalue weighted by Gasteiger charge is -2.33. The van der Waals surface area contributed by atoms with Crippen molar-refractivity contribution in [2.75, 3.05) is 5.32 Å². The first-order valence-electron chi connectivity index (χ1n) is 4.92. The van der Waals surface area contributed by atoms with Gasteiger partial charge in [-0.2, -0.15) is 0 Å². The van der Waals surface area contributed by atoms with Crippen molar-refractivity contribution in [1.29, 1.82) is 0 Å². The summed E-state index contributed by atoms with van der Waals surface area (Å²) in [6.45, 7) is 3.81. The minimum atomic E-state index is -0.217. The van der Waals surface area contributed by atoms with E-state index in [9.17, 15) is 5.11 Å². The van der Waals surface area contributed by atoms with Crippen molar-refractivity contribution in [3.8, 4) is 0 Å². The molecule has 76 valence electrons. The number of hydrogen-bond acceptors (Lipinski definition) is 4. The standard InChI is InChI=1S/C10H15N3O/c1-6-5-10(12-7(2)11-6)13-8-3-4-9(8)14/h5,8-9,14H,3-4H2,1-2H3,(H,11,12,13)/t8-,9-/m1/s1. The Morgan fingerprint density at radius 3 is 2.64 bits per heavy atom. The zero-order valence-corrected chi connectivity index (χ0v) is 8.49. The minimum absolute atomic E-state index is 0.170. The largest absolute Gasteiger partial charge is 0.391 e. The van der Waals surface area contributed by atoms with Gasteiger partial charge in [-0.05, 0) is 26.7 Å². The summed E-state index contributed by atoms with van der Waals surface area (Å²) in [5.74, 6) is 1.58. The predicted octanol–water partition coefficient (Wildman–Crippen LogP) is 1.03. The van der Waals surface area contributed by atoms with Gasteiger partial charge in [0.25, 0.3) is 0 Å². The fraction of sp³-hybridized carbons (Fsp3) is 0.600. The zero-order valence-electron chi connectivity index (χ0n) is 8.49. The summed E-state index contributed by atoms with van der Waals surface area (Å²) in [7, 11) is 0. The number of aliphatic hydroxyl groups excluding tert-OH is 1. The molecule has 1 aliphatic carbocycles. The van der Waals surface area contributed by atoms with Crippen molar-refractivity contribution < 1.29 is 5.11 Å². The van der Waals surface area contributed by atoms with Crippen LogP contribution in [0.4, 0.5) is 5.82 Å². The van der Waals surface area contributed by atoms with Gasteiger partial charge in [0.05, 0.1) is 12.1 Å². The summed E-state index contributed by atoms with van der Waals surface area (Å²) in [6.07, 6.45) is 1.69. The van der Waals surface area contributed by atoms with Crippen molar-refractivity contribution in [3.05, 3.63) is 17.6 Å². The summed E-state index contributed by atoms with van der Waals surface area (Å²) in [5, 5.41) is 12.6. The van der Waals surface area contributed by atoms with Crippen LogP contribution in [-0.4, -0.2) is 27.2 Å². The third-order valence-corrected chi connectivity index (χ3v) is 2.54. The first-order chi connectivity index (χ1) is 6.65. The van der Waals surface area contributed by atoms with Crippen LogP contribution in [0.25, 0.3) is 0 Å². The van der Waals surface area contributed by atoms with Gasteiger partial charge in [0.2, 0.25) is 0 Å². The van der Waals surface area contributed by atoms with Crippen molar-refractivity contribution in [2.24, 2.45) is 0 Å². The lowest BCUT2D eigenvalue weighted by atomic mass is 9.89. The van der Waals surface area contributed by atoms with Crippen LogP contribution in [0.2, 0.25) is 0 Å². The van der Waals surface area contributed by atoms with E-state index in [0.717, 1.165) is 30.2 Å². The molecule has 1 aliphatic rings. The van der Waals surface area contributed by atoms with Crippen LogP contribution in [0, 0.1) is 13.8 Å². The van der Waals surface area contributed by atoms with E-state index in [2.05, 4.69) is 15.3 Å². The van der Waals surface area contributed by atoms with Gasteiger partial charge in [-0.25, -0.2) is 9.97 Å². The molecule has 1 fully saturated rings. The van der Waals surface area contributed by atoms with Crippen molar-refractivity contribution in [3.63, 3.8) is 0 Å². The van der Waals surface area contributed by atoms with Crippen LogP contribution in [0.5, 0.6) is 0 Å². The molecular formula is C10H15N3O. The molecule has 14 heavy (non-hydrogen) atoms. The molecule has 4 nitrogen and oxygen atoms in total. The Balaban J connectivity index is 2.08. The highest BCUT2D eigenvalue weighted by atomic mass is 16.3. The molecule has 4 heteroatoms. The maximum atomic E-state index is 9.40. The molecule has 0 spiro atoms. The topological polar surface area (TPSA) is 58.0 Å². The van der Waals surface area contributed by atoms with Crippen molar-refractivity contribution in [2.45, 2.75) is 38.8 Å². The Morgan fingerprint density at radius 2 is 2.14 bits per heavy atom. The molecule has 0 radical (unpaired) electrons. The molecule has 0 saturated heterocycles. The second-order valence-corrected chi connectivity index (χ2v) is 3.84. The average Bonchev–Trinajstić information content (AvgIpc) is 2.10. The number of aliphatic hydroxyl groups is 1. The van der Waals surface area contributed by atoms with Crippen molar-refractivity contribution in [1.82, 2.24) is 9.97 Å². The number of hydrogen-bond donors (Lipinski definition) is 2. The SMILES string of the molecule is Cc1cc(N[C@@H]2CC[C@H]2O)nc(C)n1. The maximum Gasteiger partial charge on any atom is 0.130 e. The highest BCUT2D eigenvalue weighted by molar-refractivity contribution is 5.37. The van der Waals surface area contributed by atoms with E-state index in [1.807, 2.05) is 19.9 Å². The second-order valence-electron chi connectivity index (χ2n) is 3.84. The number of aromatic nitrogens is 2. The fourth-order valence-electron chi connectivity index (χ4n) is 1.63. The number of nitrogens with one attached hydrogen (secondary N) is 1. The van der Waals surface area contributed by atoms with Gasteiger partial charge in [0.1, 0.15) is 11.6 Å². The van der Waals surface area contributed by atoms with Gasteiger partial charge < -0.3 is 10.4 Å². The van der Waals surface area contributed by atoms with Crippen LogP contribution in [0.1, 0.15) is 24.4 Å². The van der Waals surface area contributed by atoms with Crippen molar-refractivity contribution >= 4 is 5.82 Å². The Labute approximate surface area is 83.4 Å². The Hall–Kier alpha value is -1.16. The summed E-state index contributed by atoms with van der Waals surface area (Å²) in [5.41, 5.74) is 0.953. The van der Waals surface area contributed by atoms with Crippen LogP contribution in [0.15, 0.2) is 6.07 Å². The lowest BCUT2D eigenvalue weighted by Crippen LogP contribution is -2.42. The second kappa shape index (κ2) is 3.53. The smallest absolute Gasteiger partial charge is 0.130 e. The summed E-state index contributed by atoms with van der Waals surface area (Å²) < 4.78 is 0. The van der Waals surface area contributed by atoms with Gasteiger partial charge >= 0.3 is 0 Å². The molecular weight excluding hydrogens is 178 g/mol. The van der Waals surface area contributed by atoms with E-state index in [-0.39, 0.29) is 12.1 Å². The van der Waals surface area contributed by atoms with E-state index >= 15 is 0 Å². The van der Waals surface area contributed by atoms with Gasteiger partial charge in [-0.15, -0.1) is 0 Å². The monoisotopic (exact) mass is 193 g/mol. The van der Waals surface area contributed by atoms with Crippen LogP contribution < -0.4 is 5.32 Å². The maximum absolute atomic E-state index is 9.40. The van der Waals surface area contributed by atoms with E-state index in [4.69, 9.17) is 0 Å². The minimum Gasteiger partial charge on any atom is -0.391 e. The molecule has 1 saturated carbocycles. The first kappa shape index (κ1) is 9.40. The molecule has 1 aromatic rings. The predicted molar refractivity (Wildman–Crippen MR) is 54.2 cm³/mol. The van der Waals surface area contributed by atoms with E-state index < -0.39 is 0 Å². The summed E-state index contributed by atoms with van der Waals surface area (Å²) in [6, 6.07) is 2.07. The molecule has 0 amide bonds. The highest BCUT2D eigenvalue weighted by Crippen LogP contribution is 2.23. The molecule has 2 N–H and O–H groups in total. The third kappa shape index (κ3) is 1.85. The molecule has 0 aliphatic heterocycles. The van der Waals surface area contributed by atoms with E-state index in [0.29, 0.717) is 0 Å². The molecule has 0 unspecified atom stereocenters. The lowest BCUT2D eigenvalue weighted by molar-refractivity contribution is 0.0784. The molecule has 1 heterocycles. The summed E-state index contributed by atoms with van der Waals surface area (Å²) in [4.78, 5) is 8.45. The highest BCUT2D eigenvalue weighted by Gasteiger charge is 2.28. The van der Waals surface area contributed by atoms with Gasteiger partial charge in [-0.3, -0.25) is 0 Å². The summed E-state index contributed by atoms with van der Waals surface area (Å²) >= 11 is 0.